The van der Waals surface area contributed by atoms with E-state index in [1.165, 1.54) is 6.92 Å². The average Bonchev–Trinajstić information content (AvgIpc) is 1.38. The summed E-state index contributed by atoms with van der Waals surface area (Å²) in [5.74, 6) is 0. The molecule has 0 bridgehead atoms. The highest BCUT2D eigenvalue weighted by molar-refractivity contribution is 4.34. The lowest BCUT2D eigenvalue weighted by Gasteiger charge is -1.87. The van der Waals surface area contributed by atoms with Crippen LogP contribution in [0.5, 0.6) is 0 Å². The van der Waals surface area contributed by atoms with E-state index >= 15 is 0 Å². The van der Waals surface area contributed by atoms with Gasteiger partial charge in [0.05, 0.1) is 6.10 Å². The maximum atomic E-state index is 10.9. The summed E-state index contributed by atoms with van der Waals surface area (Å²) < 4.78 is 10.9. The molecule has 0 heterocycles. The molecule has 0 aromatic rings. The molecule has 0 spiro atoms. The van der Waals surface area contributed by atoms with Crippen molar-refractivity contribution >= 4 is 0 Å². The molecule has 0 fully saturated rings. The van der Waals surface area contributed by atoms with Gasteiger partial charge in [0.25, 0.3) is 0 Å². The zero-order chi connectivity index (χ0) is 4.28. The van der Waals surface area contributed by atoms with Gasteiger partial charge >= 0.3 is 0 Å². The van der Waals surface area contributed by atoms with E-state index in [2.05, 4.69) is 0 Å². The van der Waals surface area contributed by atoms with E-state index in [4.69, 9.17) is 5.11 Å². The molecule has 1 nitrogen and oxygen atoms in total. The van der Waals surface area contributed by atoms with Crippen molar-refractivity contribution in [3.8, 4) is 0 Å². The van der Waals surface area contributed by atoms with Gasteiger partial charge < -0.3 is 5.11 Å². The fraction of sp³-hybridized carbons (Fsp3) is 1.00. The highest BCUT2D eigenvalue weighted by Gasteiger charge is 1.85. The Balaban J connectivity index is 2.54. The monoisotopic (exact) mass is 78.0 g/mol. The van der Waals surface area contributed by atoms with Gasteiger partial charge in [-0.05, 0) is 6.92 Å². The van der Waals surface area contributed by atoms with Crippen LogP contribution in [0, 0.1) is 0 Å². The summed E-state index contributed by atoms with van der Waals surface area (Å²) >= 11 is 0. The van der Waals surface area contributed by atoms with Crippen LogP contribution in [0.15, 0.2) is 0 Å². The standard InChI is InChI=1S/C3H7FO/c1-3(5)2-4/h3,5H,2H2,1H3/t3-/m1/s1. The smallest absolute Gasteiger partial charge is 0.115 e. The van der Waals surface area contributed by atoms with E-state index in [1.807, 2.05) is 0 Å². The van der Waals surface area contributed by atoms with Crippen LogP contribution in [0.25, 0.3) is 0 Å². The van der Waals surface area contributed by atoms with E-state index in [0.717, 1.165) is 0 Å². The first-order valence-corrected chi connectivity index (χ1v) is 1.51. The second kappa shape index (κ2) is 2.15. The van der Waals surface area contributed by atoms with E-state index < -0.39 is 12.8 Å². The third-order valence-electron chi connectivity index (χ3n) is 0.223. The molecule has 0 saturated carbocycles. The van der Waals surface area contributed by atoms with Gasteiger partial charge in [0, 0.05) is 0 Å². The molecule has 0 amide bonds. The maximum absolute atomic E-state index is 10.9. The molecule has 0 aliphatic heterocycles. The molecule has 0 radical (unpaired) electrons. The van der Waals surface area contributed by atoms with Crippen LogP contribution < -0.4 is 0 Å². The van der Waals surface area contributed by atoms with Gasteiger partial charge in [0.2, 0.25) is 0 Å². The van der Waals surface area contributed by atoms with Crippen molar-refractivity contribution in [2.45, 2.75) is 13.0 Å². The number of hydrogen-bond acceptors (Lipinski definition) is 1. The average molecular weight is 78.1 g/mol. The predicted molar refractivity (Wildman–Crippen MR) is 17.7 cm³/mol. The Morgan fingerprint density at radius 3 is 2.20 bits per heavy atom. The first-order chi connectivity index (χ1) is 2.27. The van der Waals surface area contributed by atoms with Crippen LogP contribution in [-0.2, 0) is 0 Å². The lowest BCUT2D eigenvalue weighted by molar-refractivity contribution is 0.158. The number of hydrogen-bond donors (Lipinski definition) is 1. The van der Waals surface area contributed by atoms with Crippen molar-refractivity contribution in [3.05, 3.63) is 0 Å². The highest BCUT2D eigenvalue weighted by Crippen LogP contribution is 1.75. The summed E-state index contributed by atoms with van der Waals surface area (Å²) in [6.45, 7) is 0.764. The second-order valence-corrected chi connectivity index (χ2v) is 1.00. The molecule has 0 aliphatic carbocycles. The van der Waals surface area contributed by atoms with Gasteiger partial charge in [0.1, 0.15) is 6.67 Å². The lowest BCUT2D eigenvalue weighted by Crippen LogP contribution is -1.99. The van der Waals surface area contributed by atoms with Crippen molar-refractivity contribution in [1.82, 2.24) is 0 Å². The molecule has 0 aliphatic rings. The minimum Gasteiger partial charge on any atom is -0.391 e. The molecule has 0 unspecified atom stereocenters. The number of alkyl halides is 1. The molecule has 0 saturated heterocycles. The predicted octanol–water partition coefficient (Wildman–Crippen LogP) is 0.337. The summed E-state index contributed by atoms with van der Waals surface area (Å²) in [5, 5.41) is 7.99. The molecule has 32 valence electrons. The van der Waals surface area contributed by atoms with Crippen LogP contribution in [-0.4, -0.2) is 17.9 Å². The van der Waals surface area contributed by atoms with Gasteiger partial charge in [-0.25, -0.2) is 4.39 Å². The van der Waals surface area contributed by atoms with Crippen LogP contribution in [0.4, 0.5) is 4.39 Å². The van der Waals surface area contributed by atoms with Crippen molar-refractivity contribution < 1.29 is 9.50 Å². The molecule has 0 aromatic heterocycles. The van der Waals surface area contributed by atoms with Crippen LogP contribution in [0.1, 0.15) is 6.92 Å². The first kappa shape index (κ1) is 4.89. The molecule has 2 heteroatoms. The SMILES string of the molecule is C[C@@H](O)CF. The van der Waals surface area contributed by atoms with Crippen molar-refractivity contribution in [2.24, 2.45) is 0 Å². The molecule has 1 N–H and O–H groups in total. The Morgan fingerprint density at radius 1 is 2.00 bits per heavy atom. The third kappa shape index (κ3) is 3.89. The summed E-state index contributed by atoms with van der Waals surface area (Å²) in [4.78, 5) is 0. The van der Waals surface area contributed by atoms with E-state index in [1.54, 1.807) is 0 Å². The Hall–Kier alpha value is -0.110. The van der Waals surface area contributed by atoms with Crippen LogP contribution in [0.2, 0.25) is 0 Å². The lowest BCUT2D eigenvalue weighted by atomic mass is 10.5. The Bertz CT molecular complexity index is 20.9. The Morgan fingerprint density at radius 2 is 2.20 bits per heavy atom. The minimum atomic E-state index is -0.782. The van der Waals surface area contributed by atoms with Crippen molar-refractivity contribution in [3.63, 3.8) is 0 Å². The minimum absolute atomic E-state index is 0.639. The third-order valence-corrected chi connectivity index (χ3v) is 0.223. The first-order valence-electron chi connectivity index (χ1n) is 1.51. The molecule has 5 heavy (non-hydrogen) atoms. The molecule has 0 rings (SSSR count). The summed E-state index contributed by atoms with van der Waals surface area (Å²) in [7, 11) is 0. The number of halogens is 1. The van der Waals surface area contributed by atoms with Crippen molar-refractivity contribution in [2.75, 3.05) is 6.67 Å². The molecule has 1 atom stereocenters. The zero-order valence-corrected chi connectivity index (χ0v) is 3.11. The summed E-state index contributed by atoms with van der Waals surface area (Å²) in [6.07, 6.45) is -0.782. The molecular formula is C3H7FO. The Labute approximate surface area is 30.4 Å². The summed E-state index contributed by atoms with van der Waals surface area (Å²) in [5.41, 5.74) is 0. The normalized spacial score (nSPS) is 15.0. The quantitative estimate of drug-likeness (QED) is 0.479. The summed E-state index contributed by atoms with van der Waals surface area (Å²) in [6, 6.07) is 0. The molecular weight excluding hydrogens is 71.0 g/mol. The largest absolute Gasteiger partial charge is 0.391 e. The van der Waals surface area contributed by atoms with E-state index in [0.29, 0.717) is 0 Å². The fourth-order valence-electron chi connectivity index (χ4n) is 0. The Kier molecular flexibility index (Phi) is 2.10. The zero-order valence-electron chi connectivity index (χ0n) is 3.11. The number of aliphatic hydroxyl groups is 1. The number of aliphatic hydroxyl groups excluding tert-OH is 1. The van der Waals surface area contributed by atoms with Crippen molar-refractivity contribution in [1.29, 1.82) is 0 Å². The van der Waals surface area contributed by atoms with E-state index in [-0.39, 0.29) is 0 Å². The van der Waals surface area contributed by atoms with Gasteiger partial charge in [-0.2, -0.15) is 0 Å². The topological polar surface area (TPSA) is 20.2 Å². The van der Waals surface area contributed by atoms with Gasteiger partial charge in [-0.15, -0.1) is 0 Å². The van der Waals surface area contributed by atoms with Gasteiger partial charge in [0.15, 0.2) is 0 Å². The molecule has 0 aromatic carbocycles. The number of rotatable bonds is 1. The van der Waals surface area contributed by atoms with E-state index in [9.17, 15) is 4.39 Å². The fourth-order valence-corrected chi connectivity index (χ4v) is 0. The van der Waals surface area contributed by atoms with Crippen LogP contribution in [0.3, 0.4) is 0 Å². The van der Waals surface area contributed by atoms with Gasteiger partial charge in [-0.3, -0.25) is 0 Å². The highest BCUT2D eigenvalue weighted by atomic mass is 19.1. The van der Waals surface area contributed by atoms with Crippen LogP contribution >= 0.6 is 0 Å². The maximum Gasteiger partial charge on any atom is 0.115 e. The second-order valence-electron chi connectivity index (χ2n) is 1.00. The van der Waals surface area contributed by atoms with Gasteiger partial charge in [-0.1, -0.05) is 0 Å².